The second-order valence-electron chi connectivity index (χ2n) is 5.02. The van der Waals surface area contributed by atoms with Gasteiger partial charge in [-0.05, 0) is 18.2 Å². The van der Waals surface area contributed by atoms with Crippen molar-refractivity contribution in [1.29, 1.82) is 0 Å². The summed E-state index contributed by atoms with van der Waals surface area (Å²) in [6.07, 6.45) is 1.29. The highest BCUT2D eigenvalue weighted by molar-refractivity contribution is 7.90. The number of halogens is 1. The molecule has 9 nitrogen and oxygen atoms in total. The first kappa shape index (κ1) is 19.2. The molecule has 1 N–H and O–H groups in total. The van der Waals surface area contributed by atoms with Crippen LogP contribution in [0.3, 0.4) is 0 Å². The van der Waals surface area contributed by atoms with Gasteiger partial charge in [0.15, 0.2) is 0 Å². The minimum atomic E-state index is -4.17. The predicted octanol–water partition coefficient (Wildman–Crippen LogP) is 0.541. The van der Waals surface area contributed by atoms with E-state index in [2.05, 4.69) is 10.3 Å². The number of carbonyl (C=O) groups is 1. The number of sulfonamides is 1. The first-order valence-corrected chi connectivity index (χ1v) is 9.00. The molecule has 1 aromatic carbocycles. The summed E-state index contributed by atoms with van der Waals surface area (Å²) in [5, 5.41) is 7.61. The fraction of sp³-hybridized carbons (Fsp3) is 0.357. The summed E-state index contributed by atoms with van der Waals surface area (Å²) in [7, 11) is -1.03. The van der Waals surface area contributed by atoms with Gasteiger partial charge in [-0.1, -0.05) is 16.8 Å². The van der Waals surface area contributed by atoms with E-state index >= 15 is 0 Å². The third kappa shape index (κ3) is 5.41. The number of hydrogen-bond acceptors (Lipinski definition) is 7. The zero-order valence-electron chi connectivity index (χ0n) is 13.6. The van der Waals surface area contributed by atoms with Gasteiger partial charge < -0.3 is 9.47 Å². The Kier molecular flexibility index (Phi) is 6.34. The predicted molar refractivity (Wildman–Crippen MR) is 88.9 cm³/mol. The van der Waals surface area contributed by atoms with Gasteiger partial charge in [0, 0.05) is 25.4 Å². The zero-order chi connectivity index (χ0) is 18.4. The molecule has 0 aliphatic carbocycles. The van der Waals surface area contributed by atoms with Crippen molar-refractivity contribution in [2.24, 2.45) is 7.05 Å². The number of ether oxygens (including phenoxy) is 2. The summed E-state index contributed by atoms with van der Waals surface area (Å²) in [6, 6.07) is 4.12. The number of aryl methyl sites for hydroxylation is 1. The van der Waals surface area contributed by atoms with Crippen LogP contribution in [0.1, 0.15) is 5.69 Å². The van der Waals surface area contributed by atoms with Crippen LogP contribution >= 0.6 is 11.6 Å². The molecule has 1 aromatic heterocycles. The van der Waals surface area contributed by atoms with Crippen LogP contribution in [0.2, 0.25) is 5.02 Å². The van der Waals surface area contributed by atoms with Gasteiger partial charge in [0.05, 0.1) is 18.7 Å². The molecule has 0 fully saturated rings. The molecule has 0 aliphatic rings. The summed E-state index contributed by atoms with van der Waals surface area (Å²) >= 11 is 5.87. The second kappa shape index (κ2) is 8.28. The highest BCUT2D eigenvalue weighted by Crippen LogP contribution is 2.27. The molecule has 0 spiro atoms. The Hall–Kier alpha value is -2.17. The Morgan fingerprint density at radius 1 is 1.36 bits per heavy atom. The van der Waals surface area contributed by atoms with Gasteiger partial charge in [-0.25, -0.2) is 13.1 Å². The third-order valence-electron chi connectivity index (χ3n) is 2.98. The Labute approximate surface area is 149 Å². The van der Waals surface area contributed by atoms with Crippen LogP contribution in [0.4, 0.5) is 0 Å². The number of amides is 1. The number of rotatable bonds is 8. The van der Waals surface area contributed by atoms with Gasteiger partial charge in [-0.15, -0.1) is 5.10 Å². The molecule has 0 saturated heterocycles. The molecule has 0 bridgehead atoms. The Balaban J connectivity index is 2.17. The molecule has 25 heavy (non-hydrogen) atoms. The molecule has 0 atom stereocenters. The van der Waals surface area contributed by atoms with Crippen molar-refractivity contribution in [2.45, 2.75) is 11.3 Å². The van der Waals surface area contributed by atoms with Crippen molar-refractivity contribution in [3.8, 4) is 5.75 Å². The number of methoxy groups -OCH3 is 1. The number of nitrogens with one attached hydrogen (secondary N) is 1. The van der Waals surface area contributed by atoms with Gasteiger partial charge in [-0.2, -0.15) is 0 Å². The standard InChI is InChI=1S/C14H17ClN4O5S/c1-19-9-11(16-18-19)8-14(20)17-25(21,22)13-7-10(15)3-4-12(13)24-6-5-23-2/h3-4,7,9H,5-6,8H2,1-2H3,(H,17,20). The zero-order valence-corrected chi connectivity index (χ0v) is 15.2. The van der Waals surface area contributed by atoms with Crippen molar-refractivity contribution in [1.82, 2.24) is 19.7 Å². The van der Waals surface area contributed by atoms with Crippen molar-refractivity contribution in [3.63, 3.8) is 0 Å². The van der Waals surface area contributed by atoms with Gasteiger partial charge in [0.25, 0.3) is 10.0 Å². The maximum atomic E-state index is 12.5. The van der Waals surface area contributed by atoms with E-state index in [1.54, 1.807) is 7.05 Å². The largest absolute Gasteiger partial charge is 0.490 e. The molecule has 1 heterocycles. The van der Waals surface area contributed by atoms with Crippen LogP contribution in [-0.4, -0.2) is 49.6 Å². The van der Waals surface area contributed by atoms with Gasteiger partial charge in [0.2, 0.25) is 5.91 Å². The van der Waals surface area contributed by atoms with Gasteiger partial charge >= 0.3 is 0 Å². The fourth-order valence-electron chi connectivity index (χ4n) is 1.93. The lowest BCUT2D eigenvalue weighted by Gasteiger charge is -2.13. The summed E-state index contributed by atoms with van der Waals surface area (Å²) in [4.78, 5) is 11.8. The van der Waals surface area contributed by atoms with E-state index < -0.39 is 15.9 Å². The van der Waals surface area contributed by atoms with E-state index in [1.807, 2.05) is 4.72 Å². The molecule has 2 aromatic rings. The SMILES string of the molecule is COCCOc1ccc(Cl)cc1S(=O)(=O)NC(=O)Cc1cn(C)nn1. The van der Waals surface area contributed by atoms with Crippen LogP contribution in [0.25, 0.3) is 0 Å². The van der Waals surface area contributed by atoms with Gasteiger partial charge in [-0.3, -0.25) is 9.48 Å². The summed E-state index contributed by atoms with van der Waals surface area (Å²) in [5.74, 6) is -0.676. The molecule has 1 amide bonds. The summed E-state index contributed by atoms with van der Waals surface area (Å²) in [5.41, 5.74) is 0.345. The van der Waals surface area contributed by atoms with E-state index in [0.717, 1.165) is 0 Å². The van der Waals surface area contributed by atoms with E-state index in [1.165, 1.54) is 36.2 Å². The Morgan fingerprint density at radius 3 is 2.76 bits per heavy atom. The summed E-state index contributed by atoms with van der Waals surface area (Å²) < 4.78 is 38.6. The first-order chi connectivity index (χ1) is 11.8. The quantitative estimate of drug-likeness (QED) is 0.656. The monoisotopic (exact) mass is 388 g/mol. The van der Waals surface area contributed by atoms with Crippen LogP contribution < -0.4 is 9.46 Å². The minimum Gasteiger partial charge on any atom is -0.490 e. The van der Waals surface area contributed by atoms with Crippen molar-refractivity contribution < 1.29 is 22.7 Å². The van der Waals surface area contributed by atoms with Crippen LogP contribution in [0.15, 0.2) is 29.3 Å². The van der Waals surface area contributed by atoms with E-state index in [-0.39, 0.29) is 35.3 Å². The second-order valence-corrected chi connectivity index (χ2v) is 7.11. The molecule has 0 radical (unpaired) electrons. The maximum absolute atomic E-state index is 12.5. The lowest BCUT2D eigenvalue weighted by Crippen LogP contribution is -2.32. The van der Waals surface area contributed by atoms with Crippen LogP contribution in [0, 0.1) is 0 Å². The van der Waals surface area contributed by atoms with E-state index in [4.69, 9.17) is 21.1 Å². The van der Waals surface area contributed by atoms with Crippen LogP contribution in [-0.2, 0) is 33.0 Å². The average Bonchev–Trinajstić information content (AvgIpc) is 2.93. The van der Waals surface area contributed by atoms with Gasteiger partial charge in [0.1, 0.15) is 17.3 Å². The molecule has 136 valence electrons. The van der Waals surface area contributed by atoms with E-state index in [9.17, 15) is 13.2 Å². The number of benzene rings is 1. The van der Waals surface area contributed by atoms with Crippen molar-refractivity contribution in [3.05, 3.63) is 35.1 Å². The number of nitrogens with zero attached hydrogens (tertiary/aromatic N) is 3. The number of carbonyl (C=O) groups excluding carboxylic acids is 1. The highest BCUT2D eigenvalue weighted by Gasteiger charge is 2.23. The molecule has 0 saturated carbocycles. The molecule has 11 heteroatoms. The molecule has 0 unspecified atom stereocenters. The molecular formula is C14H17ClN4O5S. The average molecular weight is 389 g/mol. The van der Waals surface area contributed by atoms with Crippen LogP contribution in [0.5, 0.6) is 5.75 Å². The first-order valence-electron chi connectivity index (χ1n) is 7.14. The Bertz CT molecular complexity index is 853. The number of aromatic nitrogens is 3. The van der Waals surface area contributed by atoms with E-state index in [0.29, 0.717) is 5.69 Å². The topological polar surface area (TPSA) is 112 Å². The highest BCUT2D eigenvalue weighted by atomic mass is 35.5. The maximum Gasteiger partial charge on any atom is 0.267 e. The fourth-order valence-corrected chi connectivity index (χ4v) is 3.32. The molecule has 2 rings (SSSR count). The molecule has 0 aliphatic heterocycles. The molecular weight excluding hydrogens is 372 g/mol. The summed E-state index contributed by atoms with van der Waals surface area (Å²) in [6.45, 7) is 0.426. The smallest absolute Gasteiger partial charge is 0.267 e. The minimum absolute atomic E-state index is 0.0706. The Morgan fingerprint density at radius 2 is 2.12 bits per heavy atom. The normalized spacial score (nSPS) is 11.3. The number of hydrogen-bond donors (Lipinski definition) is 1. The lowest BCUT2D eigenvalue weighted by atomic mass is 10.3. The van der Waals surface area contributed by atoms with Crippen molar-refractivity contribution in [2.75, 3.05) is 20.3 Å². The lowest BCUT2D eigenvalue weighted by molar-refractivity contribution is -0.118. The third-order valence-corrected chi connectivity index (χ3v) is 4.61. The van der Waals surface area contributed by atoms with Crippen molar-refractivity contribution >= 4 is 27.5 Å².